The van der Waals surface area contributed by atoms with Crippen LogP contribution in [0.4, 0.5) is 8.78 Å². The molecule has 148 valence electrons. The summed E-state index contributed by atoms with van der Waals surface area (Å²) in [6.45, 7) is 2.01. The number of tetrazole rings is 1. The number of rotatable bonds is 4. The molecule has 0 aliphatic rings. The number of benzene rings is 2. The van der Waals surface area contributed by atoms with Gasteiger partial charge in [-0.2, -0.15) is 14.0 Å². The number of hydrogen-bond acceptors (Lipinski definition) is 6. The molecule has 0 aliphatic carbocycles. The van der Waals surface area contributed by atoms with Crippen LogP contribution in [0.25, 0.3) is 33.5 Å². The molecule has 0 aliphatic heterocycles. The highest BCUT2D eigenvalue weighted by Crippen LogP contribution is 2.30. The van der Waals surface area contributed by atoms with Crippen LogP contribution in [-0.2, 0) is 6.54 Å². The number of halogens is 2. The van der Waals surface area contributed by atoms with E-state index in [4.69, 9.17) is 0 Å². The molecule has 0 bridgehead atoms. The third-order valence-corrected chi connectivity index (χ3v) is 4.89. The average molecular weight is 404 g/mol. The van der Waals surface area contributed by atoms with Crippen molar-refractivity contribution in [2.24, 2.45) is 0 Å². The van der Waals surface area contributed by atoms with Crippen molar-refractivity contribution in [3.63, 3.8) is 0 Å². The van der Waals surface area contributed by atoms with Crippen LogP contribution >= 0.6 is 0 Å². The van der Waals surface area contributed by atoms with Gasteiger partial charge in [-0.15, -0.1) is 20.4 Å². The van der Waals surface area contributed by atoms with Gasteiger partial charge >= 0.3 is 0 Å². The van der Waals surface area contributed by atoms with E-state index in [-0.39, 0.29) is 11.0 Å². The number of H-pyrrole nitrogens is 1. The highest BCUT2D eigenvalue weighted by molar-refractivity contribution is 5.80. The Balaban J connectivity index is 1.50. The predicted octanol–water partition coefficient (Wildman–Crippen LogP) is 3.31. The zero-order valence-corrected chi connectivity index (χ0v) is 15.7. The first kappa shape index (κ1) is 18.0. The maximum atomic E-state index is 14.2. The molecule has 10 heteroatoms. The maximum Gasteiger partial charge on any atom is 0.261 e. The monoisotopic (exact) mass is 404 g/mol. The lowest BCUT2D eigenvalue weighted by molar-refractivity contribution is 0.519. The minimum absolute atomic E-state index is 0.00605. The van der Waals surface area contributed by atoms with Crippen LogP contribution in [-0.4, -0.2) is 40.4 Å². The molecule has 3 heterocycles. The summed E-state index contributed by atoms with van der Waals surface area (Å²) in [5.41, 5.74) is 3.56. The highest BCUT2D eigenvalue weighted by atomic mass is 19.1. The normalized spacial score (nSPS) is 11.3. The standard InChI is InChI=1S/C20H14F2N8/c1-11-23-16-17(19(22)25-24-18(16)21)30(11)10-12-6-8-13(9-7-12)14-4-2-3-5-15(14)20-26-28-29-27-20/h2-9H,10H2,1H3,(H,26,27,28,29). The Bertz CT molecular complexity index is 1340. The Morgan fingerprint density at radius 3 is 2.37 bits per heavy atom. The molecule has 5 aromatic rings. The van der Waals surface area contributed by atoms with E-state index < -0.39 is 11.9 Å². The van der Waals surface area contributed by atoms with E-state index >= 15 is 0 Å². The van der Waals surface area contributed by atoms with Gasteiger partial charge in [0.1, 0.15) is 11.3 Å². The zero-order chi connectivity index (χ0) is 20.7. The SMILES string of the molecule is Cc1nc2c(F)nnc(F)c2n1Cc1ccc(-c2ccccc2-c2nn[nH]n2)cc1. The van der Waals surface area contributed by atoms with Gasteiger partial charge in [-0.05, 0) is 28.8 Å². The summed E-state index contributed by atoms with van der Waals surface area (Å²) in [5.74, 6) is -0.753. The van der Waals surface area contributed by atoms with Crippen LogP contribution < -0.4 is 0 Å². The summed E-state index contributed by atoms with van der Waals surface area (Å²) in [7, 11) is 0. The molecule has 0 saturated heterocycles. The molecule has 1 N–H and O–H groups in total. The van der Waals surface area contributed by atoms with Crippen molar-refractivity contribution in [1.82, 2.24) is 40.4 Å². The molecule has 5 rings (SSSR count). The Morgan fingerprint density at radius 2 is 1.63 bits per heavy atom. The Labute approximate surface area is 168 Å². The lowest BCUT2D eigenvalue weighted by atomic mass is 9.98. The van der Waals surface area contributed by atoms with Gasteiger partial charge in [-0.25, -0.2) is 4.98 Å². The third kappa shape index (κ3) is 2.98. The van der Waals surface area contributed by atoms with Gasteiger partial charge in [0, 0.05) is 12.1 Å². The van der Waals surface area contributed by atoms with E-state index in [0.29, 0.717) is 18.2 Å². The molecule has 8 nitrogen and oxygen atoms in total. The first-order valence-electron chi connectivity index (χ1n) is 9.08. The smallest absolute Gasteiger partial charge is 0.261 e. The highest BCUT2D eigenvalue weighted by Gasteiger charge is 2.18. The topological polar surface area (TPSA) is 98.1 Å². The van der Waals surface area contributed by atoms with Crippen molar-refractivity contribution < 1.29 is 8.78 Å². The second kappa shape index (κ2) is 7.07. The minimum Gasteiger partial charge on any atom is -0.320 e. The van der Waals surface area contributed by atoms with Gasteiger partial charge in [0.05, 0.1) is 0 Å². The number of aromatic nitrogens is 8. The second-order valence-corrected chi connectivity index (χ2v) is 6.70. The Kier molecular flexibility index (Phi) is 4.24. The fourth-order valence-electron chi connectivity index (χ4n) is 3.47. The summed E-state index contributed by atoms with van der Waals surface area (Å²) in [6, 6.07) is 15.5. The van der Waals surface area contributed by atoms with Crippen molar-refractivity contribution in [3.05, 3.63) is 71.8 Å². The lowest BCUT2D eigenvalue weighted by Crippen LogP contribution is -2.05. The third-order valence-electron chi connectivity index (χ3n) is 4.89. The van der Waals surface area contributed by atoms with Crippen LogP contribution in [0.3, 0.4) is 0 Å². The van der Waals surface area contributed by atoms with Crippen molar-refractivity contribution >= 4 is 11.0 Å². The zero-order valence-electron chi connectivity index (χ0n) is 15.7. The second-order valence-electron chi connectivity index (χ2n) is 6.70. The molecule has 0 amide bonds. The summed E-state index contributed by atoms with van der Waals surface area (Å²) in [4.78, 5) is 4.10. The molecule has 0 fully saturated rings. The average Bonchev–Trinajstić information content (AvgIpc) is 3.41. The molecule has 0 saturated carbocycles. The Hall–Kier alpha value is -4.08. The maximum absolute atomic E-state index is 14.2. The number of fused-ring (bicyclic) bond motifs is 1. The molecular weight excluding hydrogens is 390 g/mol. The summed E-state index contributed by atoms with van der Waals surface area (Å²) >= 11 is 0. The molecular formula is C20H14F2N8. The largest absolute Gasteiger partial charge is 0.320 e. The number of imidazole rings is 1. The van der Waals surface area contributed by atoms with Gasteiger partial charge in [0.15, 0.2) is 5.52 Å². The summed E-state index contributed by atoms with van der Waals surface area (Å²) in [5, 5.41) is 20.6. The minimum atomic E-state index is -0.887. The van der Waals surface area contributed by atoms with E-state index in [0.717, 1.165) is 22.3 Å². The molecule has 0 spiro atoms. The number of nitrogens with one attached hydrogen (secondary N) is 1. The van der Waals surface area contributed by atoms with Crippen molar-refractivity contribution in [3.8, 4) is 22.5 Å². The fraction of sp³-hybridized carbons (Fsp3) is 0.100. The predicted molar refractivity (Wildman–Crippen MR) is 104 cm³/mol. The fourth-order valence-corrected chi connectivity index (χ4v) is 3.47. The van der Waals surface area contributed by atoms with E-state index in [9.17, 15) is 8.78 Å². The van der Waals surface area contributed by atoms with Gasteiger partial charge in [0.25, 0.3) is 11.9 Å². The van der Waals surface area contributed by atoms with Crippen LogP contribution in [0.5, 0.6) is 0 Å². The van der Waals surface area contributed by atoms with E-state index in [1.54, 1.807) is 11.5 Å². The molecule has 0 atom stereocenters. The lowest BCUT2D eigenvalue weighted by Gasteiger charge is -2.10. The van der Waals surface area contributed by atoms with E-state index in [2.05, 4.69) is 35.8 Å². The number of nitrogens with zero attached hydrogens (tertiary/aromatic N) is 7. The first-order valence-corrected chi connectivity index (χ1v) is 9.08. The van der Waals surface area contributed by atoms with Crippen molar-refractivity contribution in [2.45, 2.75) is 13.5 Å². The van der Waals surface area contributed by atoms with Crippen LogP contribution in [0.15, 0.2) is 48.5 Å². The number of hydrogen-bond donors (Lipinski definition) is 1. The quantitative estimate of drug-likeness (QED) is 0.494. The van der Waals surface area contributed by atoms with Gasteiger partial charge < -0.3 is 4.57 Å². The number of aromatic amines is 1. The molecule has 3 aromatic heterocycles. The number of aryl methyl sites for hydroxylation is 1. The van der Waals surface area contributed by atoms with Crippen molar-refractivity contribution in [1.29, 1.82) is 0 Å². The summed E-state index contributed by atoms with van der Waals surface area (Å²) in [6.07, 6.45) is 0. The van der Waals surface area contributed by atoms with Crippen LogP contribution in [0.2, 0.25) is 0 Å². The van der Waals surface area contributed by atoms with Gasteiger partial charge in [0.2, 0.25) is 5.82 Å². The van der Waals surface area contributed by atoms with Crippen molar-refractivity contribution in [2.75, 3.05) is 0 Å². The van der Waals surface area contributed by atoms with Crippen LogP contribution in [0.1, 0.15) is 11.4 Å². The van der Waals surface area contributed by atoms with Crippen LogP contribution in [0, 0.1) is 18.8 Å². The summed E-state index contributed by atoms with van der Waals surface area (Å²) < 4.78 is 29.6. The van der Waals surface area contributed by atoms with Gasteiger partial charge in [-0.3, -0.25) is 0 Å². The van der Waals surface area contributed by atoms with E-state index in [1.807, 2.05) is 48.5 Å². The van der Waals surface area contributed by atoms with Gasteiger partial charge in [-0.1, -0.05) is 48.5 Å². The molecule has 0 unspecified atom stereocenters. The molecule has 30 heavy (non-hydrogen) atoms. The first-order chi connectivity index (χ1) is 14.6. The molecule has 0 radical (unpaired) electrons. The van der Waals surface area contributed by atoms with E-state index in [1.165, 1.54) is 0 Å². The molecule has 2 aromatic carbocycles. The Morgan fingerprint density at radius 1 is 0.900 bits per heavy atom.